The van der Waals surface area contributed by atoms with E-state index in [0.717, 1.165) is 42.5 Å². The molecule has 0 aliphatic carbocycles. The van der Waals surface area contributed by atoms with E-state index in [4.69, 9.17) is 0 Å². The van der Waals surface area contributed by atoms with Gasteiger partial charge in [0.05, 0.1) is 6.04 Å². The maximum Gasteiger partial charge on any atom is 0.238 e. The molecule has 1 aromatic carbocycles. The van der Waals surface area contributed by atoms with Gasteiger partial charge in [0.15, 0.2) is 0 Å². The molecule has 6 nitrogen and oxygen atoms in total. The van der Waals surface area contributed by atoms with Gasteiger partial charge in [-0.1, -0.05) is 42.1 Å². The minimum absolute atomic E-state index is 0.0900. The Hall–Kier alpha value is -2.02. The second-order valence-electron chi connectivity index (χ2n) is 6.31. The number of nitrogens with one attached hydrogen (secondary N) is 1. The summed E-state index contributed by atoms with van der Waals surface area (Å²) in [4.78, 5) is 15.2. The number of carbonyl (C=O) groups is 1. The number of rotatable bonds is 2. The monoisotopic (exact) mass is 343 g/mol. The number of amides is 1. The number of piperidine rings is 1. The zero-order valence-electron chi connectivity index (χ0n) is 13.7. The number of likely N-dealkylation sites (tertiary alicyclic amines) is 1. The van der Waals surface area contributed by atoms with Crippen LogP contribution in [0.15, 0.2) is 35.5 Å². The van der Waals surface area contributed by atoms with Crippen molar-refractivity contribution in [2.75, 3.05) is 18.5 Å². The summed E-state index contributed by atoms with van der Waals surface area (Å²) in [7, 11) is 0. The number of thioether (sulfide) groups is 1. The Morgan fingerprint density at radius 1 is 1.17 bits per heavy atom. The average Bonchev–Trinajstić information content (AvgIpc) is 3.02. The Morgan fingerprint density at radius 3 is 2.67 bits per heavy atom. The van der Waals surface area contributed by atoms with Gasteiger partial charge in [0.25, 0.3) is 0 Å². The number of hydrogen-bond acceptors (Lipinski definition) is 5. The highest BCUT2D eigenvalue weighted by atomic mass is 32.2. The van der Waals surface area contributed by atoms with Crippen molar-refractivity contribution in [1.29, 1.82) is 0 Å². The maximum atomic E-state index is 13.2. The van der Waals surface area contributed by atoms with Crippen molar-refractivity contribution < 1.29 is 4.79 Å². The summed E-state index contributed by atoms with van der Waals surface area (Å²) in [5.74, 6) is 1.01. The predicted molar refractivity (Wildman–Crippen MR) is 93.4 cm³/mol. The third-order valence-corrected chi connectivity index (χ3v) is 5.87. The van der Waals surface area contributed by atoms with E-state index >= 15 is 0 Å². The molecule has 7 heteroatoms. The van der Waals surface area contributed by atoms with Crippen LogP contribution in [0.5, 0.6) is 0 Å². The van der Waals surface area contributed by atoms with Gasteiger partial charge in [-0.3, -0.25) is 4.79 Å². The van der Waals surface area contributed by atoms with Crippen LogP contribution in [0.4, 0.5) is 0 Å². The number of aromatic nitrogens is 3. The van der Waals surface area contributed by atoms with Gasteiger partial charge in [-0.25, -0.2) is 4.68 Å². The van der Waals surface area contributed by atoms with E-state index < -0.39 is 0 Å². The second kappa shape index (κ2) is 6.47. The lowest BCUT2D eigenvalue weighted by atomic mass is 10.0. The molecule has 1 saturated heterocycles. The number of carbonyl (C=O) groups excluding carboxylic acids is 1. The summed E-state index contributed by atoms with van der Waals surface area (Å²) in [6.07, 6.45) is 3.42. The molecule has 24 heavy (non-hydrogen) atoms. The van der Waals surface area contributed by atoms with Gasteiger partial charge < -0.3 is 10.3 Å². The summed E-state index contributed by atoms with van der Waals surface area (Å²) in [5.41, 5.74) is 4.57. The van der Waals surface area contributed by atoms with Crippen LogP contribution in [0.25, 0.3) is 0 Å². The molecule has 2 aliphatic heterocycles. The Morgan fingerprint density at radius 2 is 1.92 bits per heavy atom. The number of fused-ring (bicyclic) bond motifs is 1. The average molecular weight is 343 g/mol. The normalized spacial score (nSPS) is 23.5. The maximum absolute atomic E-state index is 13.2. The van der Waals surface area contributed by atoms with Gasteiger partial charge in [0.2, 0.25) is 11.1 Å². The highest BCUT2D eigenvalue weighted by molar-refractivity contribution is 8.00. The first-order valence-corrected chi connectivity index (χ1v) is 9.31. The van der Waals surface area contributed by atoms with Crippen LogP contribution in [-0.2, 0) is 4.79 Å². The standard InChI is InChI=1S/C17H21N5OS/c1-12-18-19-17-22(12)20-14(13-8-4-2-5-9-13)15(24-17)16(23)21-10-6-3-7-11-21/h2,4-5,8-9,14-15,20H,3,6-7,10-11H2,1H3/t14-,15-/m1/s1. The van der Waals surface area contributed by atoms with E-state index in [0.29, 0.717) is 0 Å². The van der Waals surface area contributed by atoms with Gasteiger partial charge in [0, 0.05) is 13.1 Å². The van der Waals surface area contributed by atoms with E-state index in [-0.39, 0.29) is 17.2 Å². The zero-order chi connectivity index (χ0) is 16.5. The predicted octanol–water partition coefficient (Wildman–Crippen LogP) is 2.36. The first-order chi connectivity index (χ1) is 11.7. The van der Waals surface area contributed by atoms with Crippen molar-refractivity contribution in [3.05, 3.63) is 41.7 Å². The van der Waals surface area contributed by atoms with Crippen LogP contribution in [0, 0.1) is 6.92 Å². The number of nitrogens with zero attached hydrogens (tertiary/aromatic N) is 4. The molecule has 1 fully saturated rings. The lowest BCUT2D eigenvalue weighted by Gasteiger charge is -2.37. The van der Waals surface area contributed by atoms with Crippen LogP contribution in [0.1, 0.15) is 36.7 Å². The molecule has 0 radical (unpaired) electrons. The zero-order valence-corrected chi connectivity index (χ0v) is 14.5. The molecule has 126 valence electrons. The third kappa shape index (κ3) is 2.77. The fraction of sp³-hybridized carbons (Fsp3) is 0.471. The van der Waals surface area contributed by atoms with Crippen molar-refractivity contribution in [3.8, 4) is 0 Å². The van der Waals surface area contributed by atoms with Crippen molar-refractivity contribution in [3.63, 3.8) is 0 Å². The summed E-state index contributed by atoms with van der Waals surface area (Å²) < 4.78 is 1.89. The van der Waals surface area contributed by atoms with Gasteiger partial charge in [-0.05, 0) is 31.7 Å². The molecule has 1 aromatic heterocycles. The highest BCUT2D eigenvalue weighted by Crippen LogP contribution is 2.38. The lowest BCUT2D eigenvalue weighted by molar-refractivity contribution is -0.131. The van der Waals surface area contributed by atoms with Crippen molar-refractivity contribution in [1.82, 2.24) is 19.8 Å². The van der Waals surface area contributed by atoms with E-state index in [2.05, 4.69) is 27.8 Å². The molecule has 3 heterocycles. The quantitative estimate of drug-likeness (QED) is 0.907. The van der Waals surface area contributed by atoms with Crippen molar-refractivity contribution in [2.45, 2.75) is 42.6 Å². The minimum Gasteiger partial charge on any atom is -0.342 e. The summed E-state index contributed by atoms with van der Waals surface area (Å²) in [6, 6.07) is 10.1. The highest BCUT2D eigenvalue weighted by Gasteiger charge is 2.39. The first kappa shape index (κ1) is 15.5. The number of benzene rings is 1. The van der Waals surface area contributed by atoms with Crippen LogP contribution >= 0.6 is 11.8 Å². The van der Waals surface area contributed by atoms with Gasteiger partial charge in [0.1, 0.15) is 11.1 Å². The largest absolute Gasteiger partial charge is 0.342 e. The molecule has 0 unspecified atom stereocenters. The van der Waals surface area contributed by atoms with Crippen LogP contribution < -0.4 is 5.43 Å². The topological polar surface area (TPSA) is 63.1 Å². The molecule has 1 amide bonds. The fourth-order valence-electron chi connectivity index (χ4n) is 3.35. The summed E-state index contributed by atoms with van der Waals surface area (Å²) in [5, 5.41) is 8.88. The van der Waals surface area contributed by atoms with E-state index in [1.54, 1.807) is 0 Å². The fourth-order valence-corrected chi connectivity index (χ4v) is 4.56. The minimum atomic E-state index is -0.221. The summed E-state index contributed by atoms with van der Waals surface area (Å²) in [6.45, 7) is 3.64. The molecular formula is C17H21N5OS. The molecule has 2 aromatic rings. The van der Waals surface area contributed by atoms with E-state index in [1.807, 2.05) is 34.7 Å². The van der Waals surface area contributed by atoms with Gasteiger partial charge >= 0.3 is 0 Å². The van der Waals surface area contributed by atoms with E-state index in [9.17, 15) is 4.79 Å². The van der Waals surface area contributed by atoms with Crippen LogP contribution in [0.3, 0.4) is 0 Å². The molecule has 1 N–H and O–H groups in total. The molecule has 2 aliphatic rings. The number of hydrogen-bond donors (Lipinski definition) is 1. The summed E-state index contributed by atoms with van der Waals surface area (Å²) >= 11 is 1.52. The molecule has 4 rings (SSSR count). The number of aryl methyl sites for hydroxylation is 1. The van der Waals surface area contributed by atoms with Crippen LogP contribution in [-0.4, -0.2) is 44.0 Å². The molecule has 0 saturated carbocycles. The Balaban J connectivity index is 1.67. The lowest BCUT2D eigenvalue weighted by Crippen LogP contribution is -2.47. The van der Waals surface area contributed by atoms with Gasteiger partial charge in [-0.2, -0.15) is 0 Å². The smallest absolute Gasteiger partial charge is 0.238 e. The van der Waals surface area contributed by atoms with Crippen molar-refractivity contribution in [2.24, 2.45) is 0 Å². The molecule has 0 bridgehead atoms. The Kier molecular flexibility index (Phi) is 4.18. The van der Waals surface area contributed by atoms with Crippen molar-refractivity contribution >= 4 is 17.7 Å². The molecule has 2 atom stereocenters. The first-order valence-electron chi connectivity index (χ1n) is 8.43. The van der Waals surface area contributed by atoms with E-state index in [1.165, 1.54) is 18.2 Å². The molecule has 0 spiro atoms. The SMILES string of the molecule is Cc1nnc2n1N[C@H](c1ccccc1)[C@H](C(=O)N1CCCCC1)S2. The molecular weight excluding hydrogens is 322 g/mol. The Labute approximate surface area is 145 Å². The van der Waals surface area contributed by atoms with Crippen LogP contribution in [0.2, 0.25) is 0 Å². The Bertz CT molecular complexity index is 726. The second-order valence-corrected chi connectivity index (χ2v) is 7.42. The third-order valence-electron chi connectivity index (χ3n) is 4.67. The van der Waals surface area contributed by atoms with Gasteiger partial charge in [-0.15, -0.1) is 10.2 Å².